The Hall–Kier alpha value is -0.450. The van der Waals surface area contributed by atoms with Crippen molar-refractivity contribution in [2.45, 2.75) is 32.2 Å². The molecular formula is C12H21N3S. The number of rotatable bonds is 4. The van der Waals surface area contributed by atoms with Crippen LogP contribution in [-0.2, 0) is 6.42 Å². The smallest absolute Gasteiger partial charge is 0.0931 e. The molecule has 1 aromatic heterocycles. The van der Waals surface area contributed by atoms with Gasteiger partial charge in [-0.3, -0.25) is 0 Å². The topological polar surface area (TPSA) is 37.0 Å². The van der Waals surface area contributed by atoms with Gasteiger partial charge < -0.3 is 10.6 Å². The van der Waals surface area contributed by atoms with Crippen LogP contribution in [-0.4, -0.2) is 25.1 Å². The molecule has 0 spiro atoms. The Morgan fingerprint density at radius 3 is 3.00 bits per heavy atom. The average Bonchev–Trinajstić information content (AvgIpc) is 2.78. The summed E-state index contributed by atoms with van der Waals surface area (Å²) in [6, 6.07) is 0.430. The van der Waals surface area contributed by atoms with E-state index in [0.29, 0.717) is 6.04 Å². The first kappa shape index (κ1) is 12.0. The number of thiazole rings is 1. The summed E-state index contributed by atoms with van der Waals surface area (Å²) < 4.78 is 0. The van der Waals surface area contributed by atoms with Gasteiger partial charge in [-0.25, -0.2) is 4.98 Å². The maximum Gasteiger partial charge on any atom is 0.0931 e. The highest BCUT2D eigenvalue weighted by Gasteiger charge is 2.16. The van der Waals surface area contributed by atoms with Gasteiger partial charge in [0.25, 0.3) is 0 Å². The Morgan fingerprint density at radius 1 is 1.56 bits per heavy atom. The molecule has 4 heteroatoms. The fraction of sp³-hybridized carbons (Fsp3) is 0.750. The van der Waals surface area contributed by atoms with Crippen LogP contribution in [0.15, 0.2) is 6.20 Å². The van der Waals surface area contributed by atoms with Crippen LogP contribution in [0.2, 0.25) is 0 Å². The standard InChI is InChI=1S/C12H21N3S/c1-9(13-2)11-8-15-12(16-11)7-10-3-5-14-6-4-10/h8-10,13-14H,3-7H2,1-2H3. The van der Waals surface area contributed by atoms with Gasteiger partial charge in [-0.15, -0.1) is 11.3 Å². The monoisotopic (exact) mass is 239 g/mol. The lowest BCUT2D eigenvalue weighted by atomic mass is 9.95. The van der Waals surface area contributed by atoms with Gasteiger partial charge in [-0.1, -0.05) is 0 Å². The van der Waals surface area contributed by atoms with Crippen LogP contribution in [0.5, 0.6) is 0 Å². The van der Waals surface area contributed by atoms with Crippen molar-refractivity contribution in [2.75, 3.05) is 20.1 Å². The van der Waals surface area contributed by atoms with E-state index in [-0.39, 0.29) is 0 Å². The third-order valence-electron chi connectivity index (χ3n) is 3.35. The third kappa shape index (κ3) is 3.03. The first-order chi connectivity index (χ1) is 7.79. The number of piperidine rings is 1. The zero-order valence-electron chi connectivity index (χ0n) is 10.1. The van der Waals surface area contributed by atoms with Gasteiger partial charge in [-0.2, -0.15) is 0 Å². The molecule has 16 heavy (non-hydrogen) atoms. The molecule has 90 valence electrons. The normalized spacial score (nSPS) is 19.9. The van der Waals surface area contributed by atoms with E-state index in [1.165, 1.54) is 42.2 Å². The second kappa shape index (κ2) is 5.75. The van der Waals surface area contributed by atoms with Crippen LogP contribution in [0, 0.1) is 5.92 Å². The zero-order valence-corrected chi connectivity index (χ0v) is 10.9. The lowest BCUT2D eigenvalue weighted by Gasteiger charge is -2.21. The summed E-state index contributed by atoms with van der Waals surface area (Å²) in [6.07, 6.45) is 5.80. The summed E-state index contributed by atoms with van der Waals surface area (Å²) in [4.78, 5) is 5.89. The second-order valence-electron chi connectivity index (χ2n) is 4.56. The molecule has 2 heterocycles. The summed E-state index contributed by atoms with van der Waals surface area (Å²) in [5.74, 6) is 0.838. The summed E-state index contributed by atoms with van der Waals surface area (Å²) in [5.41, 5.74) is 0. The van der Waals surface area contributed by atoms with E-state index < -0.39 is 0 Å². The van der Waals surface area contributed by atoms with Crippen LogP contribution in [0.4, 0.5) is 0 Å². The lowest BCUT2D eigenvalue weighted by Crippen LogP contribution is -2.28. The maximum atomic E-state index is 4.54. The van der Waals surface area contributed by atoms with E-state index >= 15 is 0 Å². The molecule has 0 bridgehead atoms. The van der Waals surface area contributed by atoms with Gasteiger partial charge in [-0.05, 0) is 45.8 Å². The highest BCUT2D eigenvalue weighted by atomic mass is 32.1. The lowest BCUT2D eigenvalue weighted by molar-refractivity contribution is 0.372. The Labute approximate surface area is 102 Å². The van der Waals surface area contributed by atoms with E-state index in [0.717, 1.165) is 5.92 Å². The Bertz CT molecular complexity index is 318. The predicted octanol–water partition coefficient (Wildman–Crippen LogP) is 1.97. The van der Waals surface area contributed by atoms with Gasteiger partial charge in [0, 0.05) is 23.5 Å². The quantitative estimate of drug-likeness (QED) is 0.843. The first-order valence-electron chi connectivity index (χ1n) is 6.12. The number of nitrogens with zero attached hydrogens (tertiary/aromatic N) is 1. The van der Waals surface area contributed by atoms with Gasteiger partial charge in [0.05, 0.1) is 5.01 Å². The van der Waals surface area contributed by atoms with Crippen LogP contribution >= 0.6 is 11.3 Å². The van der Waals surface area contributed by atoms with Gasteiger partial charge in [0.15, 0.2) is 0 Å². The van der Waals surface area contributed by atoms with E-state index in [2.05, 4.69) is 22.5 Å². The molecule has 1 atom stereocenters. The first-order valence-corrected chi connectivity index (χ1v) is 6.94. The third-order valence-corrected chi connectivity index (χ3v) is 4.56. The zero-order chi connectivity index (χ0) is 11.4. The van der Waals surface area contributed by atoms with Crippen molar-refractivity contribution in [3.63, 3.8) is 0 Å². The fourth-order valence-corrected chi connectivity index (χ4v) is 3.19. The second-order valence-corrected chi connectivity index (χ2v) is 5.71. The van der Waals surface area contributed by atoms with Crippen molar-refractivity contribution >= 4 is 11.3 Å². The van der Waals surface area contributed by atoms with Gasteiger partial charge in [0.2, 0.25) is 0 Å². The number of hydrogen-bond acceptors (Lipinski definition) is 4. The Balaban J connectivity index is 1.91. The minimum absolute atomic E-state index is 0.430. The molecule has 0 amide bonds. The van der Waals surface area contributed by atoms with E-state index in [9.17, 15) is 0 Å². The minimum Gasteiger partial charge on any atom is -0.317 e. The van der Waals surface area contributed by atoms with Crippen molar-refractivity contribution < 1.29 is 0 Å². The highest BCUT2D eigenvalue weighted by Crippen LogP contribution is 2.24. The molecule has 0 radical (unpaired) electrons. The molecular weight excluding hydrogens is 218 g/mol. The molecule has 0 aliphatic carbocycles. The summed E-state index contributed by atoms with van der Waals surface area (Å²) in [6.45, 7) is 4.54. The largest absolute Gasteiger partial charge is 0.317 e. The summed E-state index contributed by atoms with van der Waals surface area (Å²) in [5, 5.41) is 7.97. The molecule has 1 saturated heterocycles. The number of hydrogen-bond donors (Lipinski definition) is 2. The van der Waals surface area contributed by atoms with E-state index in [1.54, 1.807) is 0 Å². The van der Waals surface area contributed by atoms with Crippen LogP contribution in [0.3, 0.4) is 0 Å². The molecule has 1 aliphatic heterocycles. The van der Waals surface area contributed by atoms with Gasteiger partial charge >= 0.3 is 0 Å². The summed E-state index contributed by atoms with van der Waals surface area (Å²) >= 11 is 1.87. The van der Waals surface area contributed by atoms with E-state index in [4.69, 9.17) is 0 Å². The van der Waals surface area contributed by atoms with E-state index in [1.807, 2.05) is 24.6 Å². The maximum absolute atomic E-state index is 4.54. The Kier molecular flexibility index (Phi) is 4.32. The fourth-order valence-electron chi connectivity index (χ4n) is 2.09. The average molecular weight is 239 g/mol. The summed E-state index contributed by atoms with van der Waals surface area (Å²) in [7, 11) is 2.00. The molecule has 3 nitrogen and oxygen atoms in total. The number of nitrogens with one attached hydrogen (secondary N) is 2. The molecule has 1 unspecified atom stereocenters. The molecule has 0 saturated carbocycles. The minimum atomic E-state index is 0.430. The van der Waals surface area contributed by atoms with Crippen molar-refractivity contribution in [3.05, 3.63) is 16.1 Å². The molecule has 1 aliphatic rings. The van der Waals surface area contributed by atoms with Crippen molar-refractivity contribution in [2.24, 2.45) is 5.92 Å². The predicted molar refractivity (Wildman–Crippen MR) is 68.9 cm³/mol. The SMILES string of the molecule is CNC(C)c1cnc(CC2CCNCC2)s1. The molecule has 0 aromatic carbocycles. The van der Waals surface area contributed by atoms with Gasteiger partial charge in [0.1, 0.15) is 0 Å². The highest BCUT2D eigenvalue weighted by molar-refractivity contribution is 7.11. The molecule has 2 N–H and O–H groups in total. The number of aromatic nitrogens is 1. The molecule has 1 aromatic rings. The van der Waals surface area contributed by atoms with Crippen molar-refractivity contribution in [3.8, 4) is 0 Å². The molecule has 2 rings (SSSR count). The van der Waals surface area contributed by atoms with Crippen LogP contribution in [0.1, 0.15) is 35.7 Å². The molecule has 1 fully saturated rings. The van der Waals surface area contributed by atoms with Crippen molar-refractivity contribution in [1.82, 2.24) is 15.6 Å². The van der Waals surface area contributed by atoms with Crippen LogP contribution < -0.4 is 10.6 Å². The van der Waals surface area contributed by atoms with Crippen LogP contribution in [0.25, 0.3) is 0 Å². The van der Waals surface area contributed by atoms with Crippen molar-refractivity contribution in [1.29, 1.82) is 0 Å². The Morgan fingerprint density at radius 2 is 2.31 bits per heavy atom.